The van der Waals surface area contributed by atoms with Crippen LogP contribution in [0.4, 0.5) is 10.1 Å². The van der Waals surface area contributed by atoms with Gasteiger partial charge < -0.3 is 5.73 Å². The van der Waals surface area contributed by atoms with E-state index in [0.717, 1.165) is 31.2 Å². The highest BCUT2D eigenvalue weighted by Gasteiger charge is 2.36. The first-order chi connectivity index (χ1) is 7.60. The van der Waals surface area contributed by atoms with Gasteiger partial charge in [0.15, 0.2) is 0 Å². The van der Waals surface area contributed by atoms with Gasteiger partial charge in [0, 0.05) is 5.69 Å². The van der Waals surface area contributed by atoms with Crippen LogP contribution in [-0.4, -0.2) is 0 Å². The molecule has 88 valence electrons. The summed E-state index contributed by atoms with van der Waals surface area (Å²) in [6.07, 6.45) is 5.58. The van der Waals surface area contributed by atoms with Gasteiger partial charge in [0.25, 0.3) is 0 Å². The maximum absolute atomic E-state index is 14.8. The zero-order valence-electron chi connectivity index (χ0n) is 9.88. The standard InChI is InChI=1S/C14H20FN/c1-14(15,11-6-3-2-4-7-11)12-8-5-9-13(16)10-12/h5,8-11H,2-4,6-7,16H2,1H3. The van der Waals surface area contributed by atoms with E-state index in [1.165, 1.54) is 6.42 Å². The van der Waals surface area contributed by atoms with E-state index in [1.807, 2.05) is 12.1 Å². The molecule has 1 atom stereocenters. The summed E-state index contributed by atoms with van der Waals surface area (Å²) in [6.45, 7) is 1.71. The third kappa shape index (κ3) is 2.21. The van der Waals surface area contributed by atoms with Crippen molar-refractivity contribution < 1.29 is 4.39 Å². The molecule has 1 aromatic carbocycles. The lowest BCUT2D eigenvalue weighted by Gasteiger charge is -2.33. The number of benzene rings is 1. The van der Waals surface area contributed by atoms with Crippen LogP contribution in [0.2, 0.25) is 0 Å². The van der Waals surface area contributed by atoms with Crippen molar-refractivity contribution in [2.75, 3.05) is 5.73 Å². The molecule has 1 aromatic rings. The van der Waals surface area contributed by atoms with Crippen molar-refractivity contribution in [1.82, 2.24) is 0 Å². The molecule has 0 heterocycles. The molecule has 2 rings (SSSR count). The molecule has 0 spiro atoms. The van der Waals surface area contributed by atoms with Crippen LogP contribution in [0.15, 0.2) is 24.3 Å². The summed E-state index contributed by atoms with van der Waals surface area (Å²) in [5, 5.41) is 0. The molecule has 0 saturated heterocycles. The highest BCUT2D eigenvalue weighted by atomic mass is 19.1. The normalized spacial score (nSPS) is 21.6. The average molecular weight is 221 g/mol. The minimum atomic E-state index is -1.23. The Morgan fingerprint density at radius 1 is 1.25 bits per heavy atom. The lowest BCUT2D eigenvalue weighted by Crippen LogP contribution is -2.29. The number of hydrogen-bond acceptors (Lipinski definition) is 1. The fourth-order valence-electron chi connectivity index (χ4n) is 2.72. The van der Waals surface area contributed by atoms with E-state index < -0.39 is 5.67 Å². The van der Waals surface area contributed by atoms with Gasteiger partial charge in [0.2, 0.25) is 0 Å². The number of nitrogens with two attached hydrogens (primary N) is 1. The zero-order valence-corrected chi connectivity index (χ0v) is 9.88. The number of hydrogen-bond donors (Lipinski definition) is 1. The van der Waals surface area contributed by atoms with Crippen molar-refractivity contribution in [3.05, 3.63) is 29.8 Å². The minimum Gasteiger partial charge on any atom is -0.399 e. The second-order valence-corrected chi connectivity index (χ2v) is 5.04. The fraction of sp³-hybridized carbons (Fsp3) is 0.571. The number of anilines is 1. The highest BCUT2D eigenvalue weighted by Crippen LogP contribution is 2.42. The molecule has 2 heteroatoms. The maximum atomic E-state index is 14.8. The summed E-state index contributed by atoms with van der Waals surface area (Å²) in [6, 6.07) is 7.27. The Labute approximate surface area is 96.9 Å². The molecule has 1 nitrogen and oxygen atoms in total. The molecule has 16 heavy (non-hydrogen) atoms. The lowest BCUT2D eigenvalue weighted by atomic mass is 9.75. The molecule has 1 fully saturated rings. The van der Waals surface area contributed by atoms with E-state index in [0.29, 0.717) is 5.69 Å². The van der Waals surface area contributed by atoms with Crippen molar-refractivity contribution in [3.63, 3.8) is 0 Å². The Morgan fingerprint density at radius 2 is 1.94 bits per heavy atom. The Kier molecular flexibility index (Phi) is 3.17. The van der Waals surface area contributed by atoms with Crippen LogP contribution in [-0.2, 0) is 5.67 Å². The zero-order chi connectivity index (χ0) is 11.6. The molecular formula is C14H20FN. The summed E-state index contributed by atoms with van der Waals surface area (Å²) >= 11 is 0. The summed E-state index contributed by atoms with van der Waals surface area (Å²) in [5.41, 5.74) is 5.88. The Morgan fingerprint density at radius 3 is 2.56 bits per heavy atom. The Hall–Kier alpha value is -1.05. The van der Waals surface area contributed by atoms with Crippen molar-refractivity contribution in [2.24, 2.45) is 5.92 Å². The van der Waals surface area contributed by atoms with E-state index in [2.05, 4.69) is 0 Å². The van der Waals surface area contributed by atoms with Crippen molar-refractivity contribution >= 4 is 5.69 Å². The quantitative estimate of drug-likeness (QED) is 0.749. The van der Waals surface area contributed by atoms with Crippen LogP contribution in [0.3, 0.4) is 0 Å². The van der Waals surface area contributed by atoms with E-state index in [4.69, 9.17) is 5.73 Å². The van der Waals surface area contributed by atoms with E-state index >= 15 is 0 Å². The first-order valence-corrected chi connectivity index (χ1v) is 6.15. The first-order valence-electron chi connectivity index (χ1n) is 6.15. The fourth-order valence-corrected chi connectivity index (χ4v) is 2.72. The van der Waals surface area contributed by atoms with Crippen molar-refractivity contribution in [1.29, 1.82) is 0 Å². The van der Waals surface area contributed by atoms with Gasteiger partial charge in [-0.1, -0.05) is 31.4 Å². The average Bonchev–Trinajstić information content (AvgIpc) is 2.30. The van der Waals surface area contributed by atoms with Gasteiger partial charge in [0.05, 0.1) is 0 Å². The SMILES string of the molecule is CC(F)(c1cccc(N)c1)C1CCCCC1. The summed E-state index contributed by atoms with van der Waals surface area (Å²) in [7, 11) is 0. The van der Waals surface area contributed by atoms with Crippen molar-refractivity contribution in [3.8, 4) is 0 Å². The summed E-state index contributed by atoms with van der Waals surface area (Å²) in [4.78, 5) is 0. The third-order valence-corrected chi connectivity index (χ3v) is 3.82. The van der Waals surface area contributed by atoms with Crippen LogP contribution < -0.4 is 5.73 Å². The van der Waals surface area contributed by atoms with Crippen LogP contribution in [0.1, 0.15) is 44.6 Å². The van der Waals surface area contributed by atoms with Gasteiger partial charge in [-0.05, 0) is 43.4 Å². The summed E-state index contributed by atoms with van der Waals surface area (Å²) in [5.74, 6) is 0.156. The van der Waals surface area contributed by atoms with Crippen LogP contribution in [0.25, 0.3) is 0 Å². The second-order valence-electron chi connectivity index (χ2n) is 5.04. The molecule has 0 aliphatic heterocycles. The number of nitrogen functional groups attached to an aromatic ring is 1. The lowest BCUT2D eigenvalue weighted by molar-refractivity contribution is 0.0726. The van der Waals surface area contributed by atoms with Crippen molar-refractivity contribution in [2.45, 2.75) is 44.7 Å². The molecule has 0 bridgehead atoms. The monoisotopic (exact) mass is 221 g/mol. The maximum Gasteiger partial charge on any atom is 0.136 e. The molecule has 0 aromatic heterocycles. The number of halogens is 1. The van der Waals surface area contributed by atoms with Crippen LogP contribution in [0.5, 0.6) is 0 Å². The van der Waals surface area contributed by atoms with Gasteiger partial charge in [-0.25, -0.2) is 4.39 Å². The number of rotatable bonds is 2. The predicted octanol–water partition coefficient (Wildman–Crippen LogP) is 4.03. The van der Waals surface area contributed by atoms with Crippen LogP contribution >= 0.6 is 0 Å². The first kappa shape index (κ1) is 11.4. The van der Waals surface area contributed by atoms with Gasteiger partial charge >= 0.3 is 0 Å². The molecule has 1 aliphatic carbocycles. The van der Waals surface area contributed by atoms with Gasteiger partial charge in [-0.15, -0.1) is 0 Å². The second kappa shape index (κ2) is 4.44. The van der Waals surface area contributed by atoms with Crippen LogP contribution in [0, 0.1) is 5.92 Å². The van der Waals surface area contributed by atoms with E-state index in [9.17, 15) is 4.39 Å². The molecule has 1 unspecified atom stereocenters. The molecule has 0 amide bonds. The predicted molar refractivity (Wildman–Crippen MR) is 65.9 cm³/mol. The molecular weight excluding hydrogens is 201 g/mol. The minimum absolute atomic E-state index is 0.156. The molecule has 1 aliphatic rings. The Balaban J connectivity index is 2.22. The third-order valence-electron chi connectivity index (χ3n) is 3.82. The molecule has 0 radical (unpaired) electrons. The van der Waals surface area contributed by atoms with Gasteiger partial charge in [-0.2, -0.15) is 0 Å². The molecule has 1 saturated carbocycles. The highest BCUT2D eigenvalue weighted by molar-refractivity contribution is 5.42. The largest absolute Gasteiger partial charge is 0.399 e. The van der Waals surface area contributed by atoms with Gasteiger partial charge in [0.1, 0.15) is 5.67 Å². The topological polar surface area (TPSA) is 26.0 Å². The smallest absolute Gasteiger partial charge is 0.136 e. The van der Waals surface area contributed by atoms with E-state index in [1.54, 1.807) is 19.1 Å². The number of alkyl halides is 1. The van der Waals surface area contributed by atoms with Gasteiger partial charge in [-0.3, -0.25) is 0 Å². The summed E-state index contributed by atoms with van der Waals surface area (Å²) < 4.78 is 14.8. The van der Waals surface area contributed by atoms with E-state index in [-0.39, 0.29) is 5.92 Å². The Bertz CT molecular complexity index is 354. The molecule has 2 N–H and O–H groups in total.